The maximum absolute atomic E-state index is 5.48. The first kappa shape index (κ1) is 18.1. The van der Waals surface area contributed by atoms with E-state index in [1.807, 2.05) is 61.7 Å². The van der Waals surface area contributed by atoms with Gasteiger partial charge in [0.05, 0.1) is 12.3 Å². The van der Waals surface area contributed by atoms with E-state index in [-0.39, 0.29) is 0 Å². The fourth-order valence-corrected chi connectivity index (χ4v) is 2.87. The number of amidine groups is 1. The van der Waals surface area contributed by atoms with Crippen molar-refractivity contribution in [3.05, 3.63) is 60.2 Å². The van der Waals surface area contributed by atoms with Crippen LogP contribution in [0.3, 0.4) is 0 Å². The van der Waals surface area contributed by atoms with Crippen LogP contribution in [-0.2, 0) is 0 Å². The second-order valence-electron chi connectivity index (χ2n) is 5.66. The smallest absolute Gasteiger partial charge is 0.176 e. The van der Waals surface area contributed by atoms with Gasteiger partial charge in [-0.2, -0.15) is 5.10 Å². The summed E-state index contributed by atoms with van der Waals surface area (Å²) in [6.45, 7) is 4.70. The third-order valence-corrected chi connectivity index (χ3v) is 4.42. The number of hydrogen-bond acceptors (Lipinski definition) is 4. The molecule has 134 valence electrons. The maximum atomic E-state index is 5.48. The molecule has 2 N–H and O–H groups in total. The summed E-state index contributed by atoms with van der Waals surface area (Å²) < 4.78 is 5.48. The lowest BCUT2D eigenvalue weighted by Crippen LogP contribution is -2.07. The lowest BCUT2D eigenvalue weighted by atomic mass is 10.1. The molecule has 1 heterocycles. The Bertz CT molecular complexity index is 887. The van der Waals surface area contributed by atoms with Gasteiger partial charge in [-0.25, -0.2) is 4.99 Å². The normalized spacial score (nSPS) is 11.4. The number of ether oxygens (including phenoxy) is 1. The standard InChI is InChI=1S/C20H22N4OS/c1-4-25-16-11-9-15(10-12-16)18-13-19(24-23-18)22-20(26-3)21-17-8-6-5-7-14(17)2/h5-13H,4H2,1-3H3,(H2,21,22,23,24). The molecule has 0 unspecified atom stereocenters. The molecule has 0 aliphatic carbocycles. The Morgan fingerprint density at radius 3 is 2.65 bits per heavy atom. The number of rotatable bonds is 5. The van der Waals surface area contributed by atoms with Crippen molar-refractivity contribution in [2.45, 2.75) is 13.8 Å². The van der Waals surface area contributed by atoms with Crippen LogP contribution in [-0.4, -0.2) is 28.2 Å². The van der Waals surface area contributed by atoms with Gasteiger partial charge in [0.2, 0.25) is 0 Å². The number of nitrogens with zero attached hydrogens (tertiary/aromatic N) is 2. The minimum Gasteiger partial charge on any atom is -0.494 e. The number of thioether (sulfide) groups is 1. The predicted octanol–water partition coefficient (Wildman–Crippen LogP) is 5.25. The molecule has 0 fully saturated rings. The quantitative estimate of drug-likeness (QED) is 0.478. The fraction of sp³-hybridized carbons (Fsp3) is 0.200. The van der Waals surface area contributed by atoms with E-state index in [4.69, 9.17) is 4.74 Å². The first-order valence-electron chi connectivity index (χ1n) is 8.43. The topological polar surface area (TPSA) is 62.3 Å². The molecular formula is C20H22N4OS. The number of aryl methyl sites for hydroxylation is 1. The molecule has 0 aliphatic heterocycles. The minimum absolute atomic E-state index is 0.638. The molecule has 5 nitrogen and oxygen atoms in total. The summed E-state index contributed by atoms with van der Waals surface area (Å²) in [4.78, 5) is 4.61. The highest BCUT2D eigenvalue weighted by atomic mass is 32.2. The van der Waals surface area contributed by atoms with E-state index in [1.54, 1.807) is 11.8 Å². The Morgan fingerprint density at radius 2 is 1.96 bits per heavy atom. The molecule has 26 heavy (non-hydrogen) atoms. The number of H-pyrrole nitrogens is 1. The molecule has 0 saturated carbocycles. The van der Waals surface area contributed by atoms with Crippen LogP contribution >= 0.6 is 11.8 Å². The van der Waals surface area contributed by atoms with E-state index in [0.29, 0.717) is 12.4 Å². The number of aromatic amines is 1. The Balaban J connectivity index is 1.77. The molecule has 3 aromatic rings. The third kappa shape index (κ3) is 4.46. The third-order valence-electron chi connectivity index (χ3n) is 3.84. The second kappa shape index (κ2) is 8.58. The minimum atomic E-state index is 0.638. The molecule has 6 heteroatoms. The number of para-hydroxylation sites is 1. The van der Waals surface area contributed by atoms with Crippen LogP contribution in [0.15, 0.2) is 59.6 Å². The van der Waals surface area contributed by atoms with Gasteiger partial charge in [-0.15, -0.1) is 0 Å². The molecule has 2 aromatic carbocycles. The first-order chi connectivity index (χ1) is 12.7. The van der Waals surface area contributed by atoms with Crippen molar-refractivity contribution < 1.29 is 4.74 Å². The van der Waals surface area contributed by atoms with Crippen LogP contribution < -0.4 is 10.1 Å². The number of hydrogen-bond donors (Lipinski definition) is 2. The summed E-state index contributed by atoms with van der Waals surface area (Å²) in [5.74, 6) is 1.50. The average Bonchev–Trinajstić information content (AvgIpc) is 3.12. The van der Waals surface area contributed by atoms with E-state index in [0.717, 1.165) is 27.9 Å². The van der Waals surface area contributed by atoms with Crippen molar-refractivity contribution in [3.8, 4) is 17.0 Å². The summed E-state index contributed by atoms with van der Waals surface area (Å²) in [7, 11) is 0. The monoisotopic (exact) mass is 366 g/mol. The van der Waals surface area contributed by atoms with Crippen molar-refractivity contribution in [1.82, 2.24) is 10.2 Å². The van der Waals surface area contributed by atoms with Crippen LogP contribution in [0.2, 0.25) is 0 Å². The number of benzene rings is 2. The number of aromatic nitrogens is 2. The van der Waals surface area contributed by atoms with E-state index in [1.165, 1.54) is 5.56 Å². The van der Waals surface area contributed by atoms with Gasteiger partial charge in [0.15, 0.2) is 11.0 Å². The van der Waals surface area contributed by atoms with E-state index in [2.05, 4.69) is 33.5 Å². The molecule has 0 atom stereocenters. The van der Waals surface area contributed by atoms with Crippen molar-refractivity contribution in [2.24, 2.45) is 4.99 Å². The fourth-order valence-electron chi connectivity index (χ4n) is 2.47. The van der Waals surface area contributed by atoms with Crippen molar-refractivity contribution >= 4 is 28.4 Å². The van der Waals surface area contributed by atoms with E-state index < -0.39 is 0 Å². The van der Waals surface area contributed by atoms with Gasteiger partial charge in [-0.1, -0.05) is 30.0 Å². The highest BCUT2D eigenvalue weighted by molar-refractivity contribution is 8.13. The molecule has 0 amide bonds. The lowest BCUT2D eigenvalue weighted by molar-refractivity contribution is 0.340. The lowest BCUT2D eigenvalue weighted by Gasteiger charge is -2.09. The van der Waals surface area contributed by atoms with Gasteiger partial charge < -0.3 is 10.1 Å². The molecule has 0 bridgehead atoms. The van der Waals surface area contributed by atoms with Crippen LogP contribution in [0.1, 0.15) is 12.5 Å². The van der Waals surface area contributed by atoms with Crippen molar-refractivity contribution in [2.75, 3.05) is 18.2 Å². The molecule has 3 rings (SSSR count). The van der Waals surface area contributed by atoms with E-state index >= 15 is 0 Å². The zero-order chi connectivity index (χ0) is 18.4. The van der Waals surface area contributed by atoms with E-state index in [9.17, 15) is 0 Å². The van der Waals surface area contributed by atoms with Gasteiger partial charge in [0, 0.05) is 11.8 Å². The predicted molar refractivity (Wildman–Crippen MR) is 111 cm³/mol. The molecular weight excluding hydrogens is 344 g/mol. The maximum Gasteiger partial charge on any atom is 0.176 e. The zero-order valence-corrected chi connectivity index (χ0v) is 15.9. The summed E-state index contributed by atoms with van der Waals surface area (Å²) in [6.07, 6.45) is 1.99. The van der Waals surface area contributed by atoms with Crippen LogP contribution in [0.25, 0.3) is 11.3 Å². The Hall–Kier alpha value is -2.73. The van der Waals surface area contributed by atoms with Gasteiger partial charge in [-0.05, 0) is 61.6 Å². The van der Waals surface area contributed by atoms with Gasteiger partial charge in [0.25, 0.3) is 0 Å². The Morgan fingerprint density at radius 1 is 1.19 bits per heavy atom. The summed E-state index contributed by atoms with van der Waals surface area (Å²) in [5, 5.41) is 11.5. The van der Waals surface area contributed by atoms with Gasteiger partial charge >= 0.3 is 0 Å². The molecule has 0 spiro atoms. The van der Waals surface area contributed by atoms with Crippen molar-refractivity contribution in [1.29, 1.82) is 0 Å². The largest absolute Gasteiger partial charge is 0.494 e. The summed E-state index contributed by atoms with van der Waals surface area (Å²) in [5.41, 5.74) is 4.18. The molecule has 0 saturated heterocycles. The second-order valence-corrected chi connectivity index (χ2v) is 6.45. The molecule has 0 radical (unpaired) electrons. The zero-order valence-electron chi connectivity index (χ0n) is 15.1. The highest BCUT2D eigenvalue weighted by Crippen LogP contribution is 2.24. The van der Waals surface area contributed by atoms with Crippen LogP contribution in [0.4, 0.5) is 11.5 Å². The number of aliphatic imine (C=N–C) groups is 1. The highest BCUT2D eigenvalue weighted by Gasteiger charge is 2.06. The Labute approximate surface area is 157 Å². The molecule has 1 aromatic heterocycles. The molecule has 0 aliphatic rings. The van der Waals surface area contributed by atoms with Gasteiger partial charge in [-0.3, -0.25) is 5.10 Å². The SMILES string of the molecule is CCOc1ccc(-c2cc(N=C(Nc3ccccc3C)SC)n[nH]2)cc1. The van der Waals surface area contributed by atoms with Crippen LogP contribution in [0, 0.1) is 6.92 Å². The van der Waals surface area contributed by atoms with Gasteiger partial charge in [0.1, 0.15) is 5.75 Å². The summed E-state index contributed by atoms with van der Waals surface area (Å²) in [6, 6.07) is 18.0. The van der Waals surface area contributed by atoms with Crippen LogP contribution in [0.5, 0.6) is 5.75 Å². The van der Waals surface area contributed by atoms with Crippen molar-refractivity contribution in [3.63, 3.8) is 0 Å². The number of nitrogens with one attached hydrogen (secondary N) is 2. The summed E-state index contributed by atoms with van der Waals surface area (Å²) >= 11 is 1.55. The average molecular weight is 366 g/mol. The first-order valence-corrected chi connectivity index (χ1v) is 9.66. The number of anilines is 1. The Kier molecular flexibility index (Phi) is 5.96.